The van der Waals surface area contributed by atoms with E-state index in [1.807, 2.05) is 30.0 Å². The fourth-order valence-corrected chi connectivity index (χ4v) is 2.93. The third-order valence-corrected chi connectivity index (χ3v) is 4.13. The van der Waals surface area contributed by atoms with Crippen LogP contribution in [0.2, 0.25) is 10.0 Å². The van der Waals surface area contributed by atoms with E-state index in [0.29, 0.717) is 11.1 Å². The average molecular weight is 292 g/mol. The Bertz CT molecular complexity index is 344. The van der Waals surface area contributed by atoms with Crippen LogP contribution in [0, 0.1) is 0 Å². The number of nitrogens with one attached hydrogen (secondary N) is 1. The molecule has 1 aromatic rings. The summed E-state index contributed by atoms with van der Waals surface area (Å²) in [4.78, 5) is 0. The lowest BCUT2D eigenvalue weighted by molar-refractivity contribution is 0.573. The highest BCUT2D eigenvalue weighted by molar-refractivity contribution is 7.99. The van der Waals surface area contributed by atoms with Gasteiger partial charge in [-0.3, -0.25) is 0 Å². The van der Waals surface area contributed by atoms with E-state index in [1.54, 1.807) is 0 Å². The minimum absolute atomic E-state index is 0.476. The summed E-state index contributed by atoms with van der Waals surface area (Å²) >= 11 is 14.0. The van der Waals surface area contributed by atoms with Crippen molar-refractivity contribution in [3.63, 3.8) is 0 Å². The van der Waals surface area contributed by atoms with Gasteiger partial charge in [0.25, 0.3) is 0 Å². The molecule has 1 N–H and O–H groups in total. The summed E-state index contributed by atoms with van der Waals surface area (Å²) in [6.07, 6.45) is 0.955. The van der Waals surface area contributed by atoms with E-state index in [1.165, 1.54) is 5.56 Å². The first-order chi connectivity index (χ1) is 8.17. The molecule has 96 valence electrons. The quantitative estimate of drug-likeness (QED) is 0.805. The Labute approximate surface area is 118 Å². The summed E-state index contributed by atoms with van der Waals surface area (Å²) in [7, 11) is 0. The van der Waals surface area contributed by atoms with Gasteiger partial charge in [0.1, 0.15) is 0 Å². The van der Waals surface area contributed by atoms with Crippen LogP contribution in [0.15, 0.2) is 18.2 Å². The maximum atomic E-state index is 6.19. The van der Waals surface area contributed by atoms with E-state index < -0.39 is 0 Å². The molecule has 0 aliphatic heterocycles. The Balaban J connectivity index is 2.64. The van der Waals surface area contributed by atoms with Crippen LogP contribution in [0.25, 0.3) is 0 Å². The summed E-state index contributed by atoms with van der Waals surface area (Å²) in [5.74, 6) is 2.26. The lowest BCUT2D eigenvalue weighted by Crippen LogP contribution is -2.33. The Morgan fingerprint density at radius 2 is 2.06 bits per heavy atom. The predicted molar refractivity (Wildman–Crippen MR) is 80.6 cm³/mol. The molecule has 1 atom stereocenters. The molecule has 1 rings (SSSR count). The van der Waals surface area contributed by atoms with Gasteiger partial charge in [0.2, 0.25) is 0 Å². The van der Waals surface area contributed by atoms with Crippen molar-refractivity contribution in [1.29, 1.82) is 0 Å². The van der Waals surface area contributed by atoms with Crippen molar-refractivity contribution in [3.05, 3.63) is 33.8 Å². The zero-order valence-corrected chi connectivity index (χ0v) is 12.6. The van der Waals surface area contributed by atoms with Crippen molar-refractivity contribution < 1.29 is 0 Å². The molecular formula is C13H19Cl2NS. The molecule has 0 radical (unpaired) electrons. The minimum Gasteiger partial charge on any atom is -0.313 e. The van der Waals surface area contributed by atoms with Gasteiger partial charge >= 0.3 is 0 Å². The molecule has 17 heavy (non-hydrogen) atoms. The topological polar surface area (TPSA) is 12.0 Å². The fourth-order valence-electron chi connectivity index (χ4n) is 1.69. The maximum absolute atomic E-state index is 6.19. The molecule has 0 aliphatic rings. The highest BCUT2D eigenvalue weighted by Crippen LogP contribution is 2.22. The number of halogens is 2. The second kappa shape index (κ2) is 8.25. The SMILES string of the molecule is CCNC(CSCC)Cc1ccc(Cl)cc1Cl. The predicted octanol–water partition coefficient (Wildman–Crippen LogP) is 4.27. The van der Waals surface area contributed by atoms with Crippen LogP contribution in [0.1, 0.15) is 19.4 Å². The van der Waals surface area contributed by atoms with Crippen LogP contribution in [0.3, 0.4) is 0 Å². The number of benzene rings is 1. The van der Waals surface area contributed by atoms with Gasteiger partial charge in [-0.05, 0) is 36.4 Å². The molecule has 0 aliphatic carbocycles. The van der Waals surface area contributed by atoms with E-state index in [-0.39, 0.29) is 0 Å². The zero-order chi connectivity index (χ0) is 12.7. The number of likely N-dealkylation sites (N-methyl/N-ethyl adjacent to an activating group) is 1. The standard InChI is InChI=1S/C13H19Cl2NS/c1-3-16-12(9-17-4-2)7-10-5-6-11(14)8-13(10)15/h5-6,8,12,16H,3-4,7,9H2,1-2H3. The molecule has 1 aromatic carbocycles. The molecular weight excluding hydrogens is 273 g/mol. The molecule has 4 heteroatoms. The summed E-state index contributed by atoms with van der Waals surface area (Å²) < 4.78 is 0. The number of thioether (sulfide) groups is 1. The summed E-state index contributed by atoms with van der Waals surface area (Å²) in [5.41, 5.74) is 1.17. The third-order valence-electron chi connectivity index (χ3n) is 2.50. The first-order valence-electron chi connectivity index (χ1n) is 5.92. The first-order valence-corrected chi connectivity index (χ1v) is 7.83. The van der Waals surface area contributed by atoms with Crippen LogP contribution in [-0.2, 0) is 6.42 Å². The van der Waals surface area contributed by atoms with Gasteiger partial charge in [-0.2, -0.15) is 11.8 Å². The molecule has 0 bridgehead atoms. The Hall–Kier alpha value is 0.110. The molecule has 0 heterocycles. The van der Waals surface area contributed by atoms with Crippen LogP contribution < -0.4 is 5.32 Å². The van der Waals surface area contributed by atoms with Crippen molar-refractivity contribution in [1.82, 2.24) is 5.32 Å². The van der Waals surface area contributed by atoms with E-state index >= 15 is 0 Å². The average Bonchev–Trinajstić information content (AvgIpc) is 2.29. The lowest BCUT2D eigenvalue weighted by Gasteiger charge is -2.18. The molecule has 0 fully saturated rings. The van der Waals surface area contributed by atoms with E-state index in [9.17, 15) is 0 Å². The van der Waals surface area contributed by atoms with Crippen LogP contribution in [-0.4, -0.2) is 24.1 Å². The second-order valence-corrected chi connectivity index (χ2v) is 6.02. The molecule has 0 spiro atoms. The van der Waals surface area contributed by atoms with Gasteiger partial charge < -0.3 is 5.32 Å². The van der Waals surface area contributed by atoms with E-state index in [0.717, 1.165) is 29.5 Å². The van der Waals surface area contributed by atoms with E-state index in [4.69, 9.17) is 23.2 Å². The van der Waals surface area contributed by atoms with Gasteiger partial charge in [0.05, 0.1) is 0 Å². The van der Waals surface area contributed by atoms with Crippen molar-refractivity contribution in [2.45, 2.75) is 26.3 Å². The summed E-state index contributed by atoms with van der Waals surface area (Å²) in [5, 5.41) is 4.96. The maximum Gasteiger partial charge on any atom is 0.0453 e. The van der Waals surface area contributed by atoms with Crippen LogP contribution in [0.5, 0.6) is 0 Å². The monoisotopic (exact) mass is 291 g/mol. The fraction of sp³-hybridized carbons (Fsp3) is 0.538. The van der Waals surface area contributed by atoms with Crippen molar-refractivity contribution in [2.75, 3.05) is 18.1 Å². The molecule has 0 saturated heterocycles. The van der Waals surface area contributed by atoms with Crippen molar-refractivity contribution >= 4 is 35.0 Å². The zero-order valence-electron chi connectivity index (χ0n) is 10.3. The van der Waals surface area contributed by atoms with Crippen LogP contribution in [0.4, 0.5) is 0 Å². The Kier molecular flexibility index (Phi) is 7.36. The largest absolute Gasteiger partial charge is 0.313 e. The van der Waals surface area contributed by atoms with Gasteiger partial charge in [0.15, 0.2) is 0 Å². The van der Waals surface area contributed by atoms with Crippen LogP contribution >= 0.6 is 35.0 Å². The summed E-state index contributed by atoms with van der Waals surface area (Å²) in [6.45, 7) is 5.30. The van der Waals surface area contributed by atoms with E-state index in [2.05, 4.69) is 19.2 Å². The molecule has 1 nitrogen and oxygen atoms in total. The normalized spacial score (nSPS) is 12.7. The molecule has 0 saturated carbocycles. The van der Waals surface area contributed by atoms with Crippen molar-refractivity contribution in [3.8, 4) is 0 Å². The Morgan fingerprint density at radius 1 is 1.29 bits per heavy atom. The van der Waals surface area contributed by atoms with Crippen molar-refractivity contribution in [2.24, 2.45) is 0 Å². The molecule has 0 aromatic heterocycles. The summed E-state index contributed by atoms with van der Waals surface area (Å²) in [6, 6.07) is 6.21. The van der Waals surface area contributed by atoms with Gasteiger partial charge in [-0.15, -0.1) is 0 Å². The number of hydrogen-bond donors (Lipinski definition) is 1. The van der Waals surface area contributed by atoms with Gasteiger partial charge in [-0.1, -0.05) is 43.1 Å². The minimum atomic E-state index is 0.476. The smallest absolute Gasteiger partial charge is 0.0453 e. The molecule has 1 unspecified atom stereocenters. The Morgan fingerprint density at radius 3 is 2.65 bits per heavy atom. The molecule has 0 amide bonds. The third kappa shape index (κ3) is 5.52. The second-order valence-electron chi connectivity index (χ2n) is 3.85. The van der Waals surface area contributed by atoms with Gasteiger partial charge in [-0.25, -0.2) is 0 Å². The highest BCUT2D eigenvalue weighted by atomic mass is 35.5. The highest BCUT2D eigenvalue weighted by Gasteiger charge is 2.10. The number of rotatable bonds is 7. The number of hydrogen-bond acceptors (Lipinski definition) is 2. The van der Waals surface area contributed by atoms with Gasteiger partial charge in [0, 0.05) is 21.8 Å². The lowest BCUT2D eigenvalue weighted by atomic mass is 10.1. The first kappa shape index (κ1) is 15.2.